The maximum atomic E-state index is 12.9. The number of cyclic esters (lactones) is 2. The van der Waals surface area contributed by atoms with Gasteiger partial charge in [0.25, 0.3) is 0 Å². The number of carbonyl (C=O) groups is 2. The first-order valence-corrected chi connectivity index (χ1v) is 19.1. The number of hydrogen-bond acceptors (Lipinski definition) is 16. The Kier molecular flexibility index (Phi) is 9.63. The van der Waals surface area contributed by atoms with E-state index >= 15 is 0 Å². The fourth-order valence-corrected chi connectivity index (χ4v) is 9.24. The van der Waals surface area contributed by atoms with Crippen molar-refractivity contribution in [3.8, 4) is 57.5 Å². The highest BCUT2D eigenvalue weighted by molar-refractivity contribution is 5.99. The smallest absolute Gasteiger partial charge is 0.343 e. The predicted molar refractivity (Wildman–Crippen MR) is 207 cm³/mol. The Morgan fingerprint density at radius 3 is 1.54 bits per heavy atom. The molecule has 10 rings (SSSR count). The highest BCUT2D eigenvalue weighted by Crippen LogP contribution is 2.57. The van der Waals surface area contributed by atoms with Gasteiger partial charge in [0.1, 0.15) is 23.3 Å². The molecular formula is C43H44N2O14. The molecule has 0 bridgehead atoms. The largest absolute Gasteiger partial charge is 0.504 e. The molecule has 4 atom stereocenters. The number of carbonyl (C=O) groups excluding carboxylic acids is 2. The second kappa shape index (κ2) is 14.8. The molecule has 0 unspecified atom stereocenters. The van der Waals surface area contributed by atoms with E-state index in [1.54, 1.807) is 26.4 Å². The van der Waals surface area contributed by atoms with Gasteiger partial charge in [-0.3, -0.25) is 9.80 Å². The highest BCUT2D eigenvalue weighted by atomic mass is 16.7. The zero-order valence-corrected chi connectivity index (χ0v) is 33.7. The Bertz CT molecular complexity index is 2380. The molecule has 310 valence electrons. The molecule has 0 aliphatic carbocycles. The van der Waals surface area contributed by atoms with Gasteiger partial charge < -0.3 is 57.2 Å². The van der Waals surface area contributed by atoms with E-state index in [2.05, 4.69) is 9.80 Å². The maximum Gasteiger partial charge on any atom is 0.343 e. The lowest BCUT2D eigenvalue weighted by molar-refractivity contribution is 0.00807. The summed E-state index contributed by atoms with van der Waals surface area (Å²) in [5, 5.41) is 11.0. The fraction of sp³-hybridized carbons (Fsp3) is 0.395. The van der Waals surface area contributed by atoms with Gasteiger partial charge in [-0.25, -0.2) is 9.59 Å². The van der Waals surface area contributed by atoms with Gasteiger partial charge in [0.05, 0.1) is 47.6 Å². The molecule has 6 heterocycles. The second-order valence-electron chi connectivity index (χ2n) is 14.8. The first kappa shape index (κ1) is 38.3. The van der Waals surface area contributed by atoms with E-state index in [9.17, 15) is 14.7 Å². The van der Waals surface area contributed by atoms with Crippen LogP contribution in [-0.2, 0) is 22.3 Å². The van der Waals surface area contributed by atoms with Crippen molar-refractivity contribution in [3.05, 3.63) is 80.9 Å². The Balaban J connectivity index is 0.000000152. The van der Waals surface area contributed by atoms with Gasteiger partial charge in [-0.05, 0) is 62.3 Å². The molecule has 0 saturated heterocycles. The SMILES string of the molecule is COc1ccc2c(c1OC)C(=O)O[C@@H]2[C@H]1c2c(cc3c(c2O)OCO3)CCN1C.COc1ccc2c(c1OC)C(=O)O[C@@H]2[C@H]1c2c(cc3c(c2OC)OCO3)CCN1C. The monoisotopic (exact) mass is 812 g/mol. The minimum atomic E-state index is -0.604. The first-order valence-electron chi connectivity index (χ1n) is 19.1. The van der Waals surface area contributed by atoms with Crippen molar-refractivity contribution in [1.82, 2.24) is 9.80 Å². The number of hydrogen-bond donors (Lipinski definition) is 1. The third kappa shape index (κ3) is 5.86. The van der Waals surface area contributed by atoms with Crippen LogP contribution >= 0.6 is 0 Å². The van der Waals surface area contributed by atoms with Gasteiger partial charge in [0.15, 0.2) is 46.0 Å². The van der Waals surface area contributed by atoms with E-state index in [1.807, 2.05) is 38.4 Å². The first-order chi connectivity index (χ1) is 28.6. The Morgan fingerprint density at radius 1 is 0.593 bits per heavy atom. The minimum Gasteiger partial charge on any atom is -0.504 e. The lowest BCUT2D eigenvalue weighted by Crippen LogP contribution is -2.36. The summed E-state index contributed by atoms with van der Waals surface area (Å²) < 4.78 is 61.3. The van der Waals surface area contributed by atoms with E-state index in [4.69, 9.17) is 52.1 Å². The number of benzene rings is 4. The third-order valence-electron chi connectivity index (χ3n) is 11.9. The van der Waals surface area contributed by atoms with Crippen LogP contribution in [0.4, 0.5) is 0 Å². The zero-order chi connectivity index (χ0) is 41.3. The van der Waals surface area contributed by atoms with Crippen molar-refractivity contribution in [2.24, 2.45) is 0 Å². The molecule has 59 heavy (non-hydrogen) atoms. The number of phenolic OH excluding ortho intramolecular Hbond substituents is 1. The molecule has 16 heteroatoms. The van der Waals surface area contributed by atoms with Gasteiger partial charge in [0.2, 0.25) is 25.1 Å². The third-order valence-corrected chi connectivity index (χ3v) is 11.9. The van der Waals surface area contributed by atoms with Crippen LogP contribution in [-0.4, -0.2) is 103 Å². The van der Waals surface area contributed by atoms with E-state index < -0.39 is 24.1 Å². The number of esters is 2. The average Bonchev–Trinajstić information content (AvgIpc) is 4.06. The maximum absolute atomic E-state index is 12.9. The van der Waals surface area contributed by atoms with Crippen molar-refractivity contribution >= 4 is 11.9 Å². The van der Waals surface area contributed by atoms with Crippen LogP contribution < -0.4 is 42.6 Å². The van der Waals surface area contributed by atoms with Crippen LogP contribution in [0.25, 0.3) is 0 Å². The summed E-state index contributed by atoms with van der Waals surface area (Å²) in [6.07, 6.45) is 0.444. The summed E-state index contributed by atoms with van der Waals surface area (Å²) in [5.74, 6) is 3.62. The van der Waals surface area contributed by atoms with Crippen molar-refractivity contribution in [1.29, 1.82) is 0 Å². The number of phenols is 1. The molecule has 1 N–H and O–H groups in total. The van der Waals surface area contributed by atoms with Crippen LogP contribution in [0.15, 0.2) is 36.4 Å². The van der Waals surface area contributed by atoms with Crippen molar-refractivity contribution in [3.63, 3.8) is 0 Å². The Hall–Kier alpha value is -6.26. The normalized spacial score (nSPS) is 21.9. The van der Waals surface area contributed by atoms with E-state index in [0.717, 1.165) is 48.2 Å². The molecule has 6 aliphatic rings. The van der Waals surface area contributed by atoms with E-state index in [0.29, 0.717) is 74.0 Å². The van der Waals surface area contributed by atoms with Gasteiger partial charge in [-0.2, -0.15) is 0 Å². The molecule has 0 saturated carbocycles. The second-order valence-corrected chi connectivity index (χ2v) is 14.8. The summed E-state index contributed by atoms with van der Waals surface area (Å²) in [5.41, 5.74) is 5.94. The number of rotatable bonds is 7. The number of nitrogens with zero attached hydrogens (tertiary/aromatic N) is 2. The minimum absolute atomic E-state index is 0.0384. The molecular weight excluding hydrogens is 768 g/mol. The number of fused-ring (bicyclic) bond motifs is 6. The van der Waals surface area contributed by atoms with E-state index in [-0.39, 0.29) is 31.4 Å². The number of aromatic hydroxyl groups is 1. The molecule has 0 spiro atoms. The quantitative estimate of drug-likeness (QED) is 0.234. The summed E-state index contributed by atoms with van der Waals surface area (Å²) in [7, 11) is 11.7. The average molecular weight is 813 g/mol. The lowest BCUT2D eigenvalue weighted by Gasteiger charge is -2.38. The molecule has 6 aliphatic heterocycles. The highest BCUT2D eigenvalue weighted by Gasteiger charge is 2.48. The van der Waals surface area contributed by atoms with Crippen molar-refractivity contribution in [2.45, 2.75) is 37.1 Å². The van der Waals surface area contributed by atoms with Crippen LogP contribution in [0.3, 0.4) is 0 Å². The van der Waals surface area contributed by atoms with Gasteiger partial charge in [-0.1, -0.05) is 12.1 Å². The standard InChI is InChI=1S/C22H23NO7.C21H21NO7/c1-23-8-7-11-9-14-20(29-10-28-14)21(27-4)15(11)17(23)18-12-5-6-13(25-2)19(26-3)16(12)22(24)30-18;1-22-7-6-10-8-13-20(28-9-27-13)17(23)14(10)16(22)18-11-4-5-12(25-2)19(26-3)15(11)21(24)29-18/h5-6,9,17-18H,7-8,10H2,1-4H3;4-5,8,16,18,23H,6-7,9H2,1-3H3/t17-,18+;16-,18+/m11/s1. The molecule has 4 aromatic rings. The molecule has 0 amide bonds. The van der Waals surface area contributed by atoms with Crippen LogP contribution in [0, 0.1) is 0 Å². The molecule has 4 aromatic carbocycles. The van der Waals surface area contributed by atoms with Gasteiger partial charge >= 0.3 is 11.9 Å². The van der Waals surface area contributed by atoms with Crippen LogP contribution in [0.2, 0.25) is 0 Å². The molecule has 16 nitrogen and oxygen atoms in total. The predicted octanol–water partition coefficient (Wildman–Crippen LogP) is 5.46. The molecule has 0 aromatic heterocycles. The van der Waals surface area contributed by atoms with Crippen molar-refractivity contribution < 1.29 is 66.8 Å². The number of likely N-dealkylation sites (N-methyl/N-ethyl adjacent to an activating group) is 2. The summed E-state index contributed by atoms with van der Waals surface area (Å²) in [6.45, 7) is 1.78. The summed E-state index contributed by atoms with van der Waals surface area (Å²) in [4.78, 5) is 29.9. The summed E-state index contributed by atoms with van der Waals surface area (Å²) in [6, 6.07) is 10.5. The number of ether oxygens (including phenoxy) is 11. The molecule has 0 radical (unpaired) electrons. The van der Waals surface area contributed by atoms with E-state index in [1.165, 1.54) is 21.3 Å². The van der Waals surface area contributed by atoms with Crippen LogP contribution in [0.5, 0.6) is 57.5 Å². The summed E-state index contributed by atoms with van der Waals surface area (Å²) >= 11 is 0. The van der Waals surface area contributed by atoms with Gasteiger partial charge in [0, 0.05) is 35.3 Å². The topological polar surface area (TPSA) is 162 Å². The Labute approximate surface area is 339 Å². The fourth-order valence-electron chi connectivity index (χ4n) is 9.24. The zero-order valence-electron chi connectivity index (χ0n) is 33.7. The lowest BCUT2D eigenvalue weighted by atomic mass is 9.85. The molecule has 0 fully saturated rings. The van der Waals surface area contributed by atoms with Crippen molar-refractivity contribution in [2.75, 3.05) is 76.3 Å². The van der Waals surface area contributed by atoms with Gasteiger partial charge in [-0.15, -0.1) is 0 Å². The Morgan fingerprint density at radius 2 is 1.05 bits per heavy atom. The number of methoxy groups -OCH3 is 5. The van der Waals surface area contributed by atoms with Crippen LogP contribution in [0.1, 0.15) is 78.4 Å².